The molecule has 3 fully saturated rings. The third kappa shape index (κ3) is 3.88. The molecule has 1 N–H and O–H groups in total. The van der Waals surface area contributed by atoms with Crippen molar-refractivity contribution in [1.82, 2.24) is 19.8 Å². The predicted octanol–water partition coefficient (Wildman–Crippen LogP) is 0.473. The van der Waals surface area contributed by atoms with Gasteiger partial charge in [-0.05, 0) is 25.7 Å². The molecule has 3 heterocycles. The van der Waals surface area contributed by atoms with E-state index in [9.17, 15) is 18.0 Å². The Labute approximate surface area is 159 Å². The van der Waals surface area contributed by atoms with E-state index in [1.807, 2.05) is 10.8 Å². The van der Waals surface area contributed by atoms with Gasteiger partial charge in [-0.1, -0.05) is 0 Å². The van der Waals surface area contributed by atoms with Crippen molar-refractivity contribution in [3.05, 3.63) is 18.2 Å². The standard InChI is InChI=1S/C18H26N4O4S/c1-12(23)21-7-4-14(5-8-21)18(24)20-15-10-27(25,26)11-16(15)22-9-6-19-17(22)13-2-3-13/h6,9,13-16H,2-5,7-8,10-11H2,1H3,(H,20,24)/t15-,16+/m0/s1. The van der Waals surface area contributed by atoms with E-state index in [-0.39, 0.29) is 35.3 Å². The van der Waals surface area contributed by atoms with Crippen LogP contribution in [-0.4, -0.2) is 65.3 Å². The Morgan fingerprint density at radius 3 is 2.48 bits per heavy atom. The second kappa shape index (κ2) is 6.92. The number of imidazole rings is 1. The van der Waals surface area contributed by atoms with Crippen molar-refractivity contribution in [3.8, 4) is 0 Å². The third-order valence-electron chi connectivity index (χ3n) is 5.96. The van der Waals surface area contributed by atoms with Crippen LogP contribution >= 0.6 is 0 Å². The fourth-order valence-electron chi connectivity index (χ4n) is 4.26. The molecule has 0 spiro atoms. The number of carbonyl (C=O) groups excluding carboxylic acids is 2. The molecule has 1 aromatic heterocycles. The molecular weight excluding hydrogens is 368 g/mol. The number of nitrogens with one attached hydrogen (secondary N) is 1. The van der Waals surface area contributed by atoms with Crippen molar-refractivity contribution in [3.63, 3.8) is 0 Å². The van der Waals surface area contributed by atoms with Gasteiger partial charge in [0.2, 0.25) is 11.8 Å². The van der Waals surface area contributed by atoms with Gasteiger partial charge >= 0.3 is 0 Å². The second-order valence-electron chi connectivity index (χ2n) is 8.01. The SMILES string of the molecule is CC(=O)N1CCC(C(=O)N[C@H]2CS(=O)(=O)C[C@H]2n2ccnc2C2CC2)CC1. The first-order chi connectivity index (χ1) is 12.8. The van der Waals surface area contributed by atoms with Gasteiger partial charge in [0.25, 0.3) is 0 Å². The molecular formula is C18H26N4O4S. The van der Waals surface area contributed by atoms with Gasteiger partial charge in [-0.25, -0.2) is 13.4 Å². The zero-order valence-corrected chi connectivity index (χ0v) is 16.3. The monoisotopic (exact) mass is 394 g/mol. The van der Waals surface area contributed by atoms with E-state index in [1.165, 1.54) is 6.92 Å². The molecule has 2 aliphatic heterocycles. The summed E-state index contributed by atoms with van der Waals surface area (Å²) in [5.41, 5.74) is 0. The fraction of sp³-hybridized carbons (Fsp3) is 0.722. The Balaban J connectivity index is 1.45. The number of nitrogens with zero attached hydrogens (tertiary/aromatic N) is 3. The number of hydrogen-bond acceptors (Lipinski definition) is 5. The summed E-state index contributed by atoms with van der Waals surface area (Å²) >= 11 is 0. The third-order valence-corrected chi connectivity index (χ3v) is 7.68. The molecule has 0 bridgehead atoms. The lowest BCUT2D eigenvalue weighted by Gasteiger charge is -2.32. The average Bonchev–Trinajstić information content (AvgIpc) is 3.27. The maximum absolute atomic E-state index is 12.8. The second-order valence-corrected chi connectivity index (χ2v) is 10.2. The summed E-state index contributed by atoms with van der Waals surface area (Å²) in [7, 11) is -3.21. The molecule has 0 radical (unpaired) electrons. The molecule has 2 amide bonds. The van der Waals surface area contributed by atoms with Crippen LogP contribution in [0, 0.1) is 5.92 Å². The van der Waals surface area contributed by atoms with Gasteiger partial charge in [0, 0.05) is 44.2 Å². The zero-order chi connectivity index (χ0) is 19.2. The number of carbonyl (C=O) groups is 2. The maximum Gasteiger partial charge on any atom is 0.223 e. The Kier molecular flexibility index (Phi) is 4.73. The summed E-state index contributed by atoms with van der Waals surface area (Å²) in [4.78, 5) is 30.4. The van der Waals surface area contributed by atoms with Gasteiger partial charge in [0.15, 0.2) is 9.84 Å². The Bertz CT molecular complexity index is 837. The molecule has 3 aliphatic rings. The fourth-order valence-corrected chi connectivity index (χ4v) is 6.16. The van der Waals surface area contributed by atoms with Crippen LogP contribution in [0.2, 0.25) is 0 Å². The van der Waals surface area contributed by atoms with Gasteiger partial charge in [0.05, 0.1) is 23.6 Å². The van der Waals surface area contributed by atoms with Crippen LogP contribution < -0.4 is 5.32 Å². The lowest BCUT2D eigenvalue weighted by atomic mass is 9.95. The van der Waals surface area contributed by atoms with Gasteiger partial charge in [-0.3, -0.25) is 9.59 Å². The lowest BCUT2D eigenvalue weighted by molar-refractivity contribution is -0.134. The minimum absolute atomic E-state index is 0.0298. The average molecular weight is 394 g/mol. The summed E-state index contributed by atoms with van der Waals surface area (Å²) in [5.74, 6) is 1.12. The normalized spacial score (nSPS) is 28.3. The number of piperidine rings is 1. The van der Waals surface area contributed by atoms with Crippen LogP contribution in [0.1, 0.15) is 50.4 Å². The topological polar surface area (TPSA) is 101 Å². The minimum Gasteiger partial charge on any atom is -0.350 e. The molecule has 8 nitrogen and oxygen atoms in total. The van der Waals surface area contributed by atoms with Crippen molar-refractivity contribution in [2.75, 3.05) is 24.6 Å². The minimum atomic E-state index is -3.21. The first-order valence-corrected chi connectivity index (χ1v) is 11.5. The number of hydrogen-bond donors (Lipinski definition) is 1. The van der Waals surface area contributed by atoms with Crippen LogP contribution in [0.4, 0.5) is 0 Å². The van der Waals surface area contributed by atoms with Crippen LogP contribution in [0.25, 0.3) is 0 Å². The molecule has 9 heteroatoms. The molecule has 27 heavy (non-hydrogen) atoms. The van der Waals surface area contributed by atoms with Crippen molar-refractivity contribution in [2.45, 2.75) is 50.6 Å². The van der Waals surface area contributed by atoms with E-state index in [4.69, 9.17) is 0 Å². The smallest absolute Gasteiger partial charge is 0.223 e. The molecule has 2 saturated heterocycles. The van der Waals surface area contributed by atoms with E-state index in [1.54, 1.807) is 11.1 Å². The van der Waals surface area contributed by atoms with Gasteiger partial charge in [-0.15, -0.1) is 0 Å². The first-order valence-electron chi connectivity index (χ1n) is 9.63. The Hall–Kier alpha value is -1.90. The van der Waals surface area contributed by atoms with E-state index >= 15 is 0 Å². The van der Waals surface area contributed by atoms with Gasteiger partial charge in [0.1, 0.15) is 5.82 Å². The van der Waals surface area contributed by atoms with Crippen LogP contribution in [0.3, 0.4) is 0 Å². The van der Waals surface area contributed by atoms with Crippen LogP contribution in [0.15, 0.2) is 12.4 Å². The molecule has 0 aromatic carbocycles. The van der Waals surface area contributed by atoms with Crippen molar-refractivity contribution >= 4 is 21.7 Å². The molecule has 4 rings (SSSR count). The molecule has 1 aromatic rings. The van der Waals surface area contributed by atoms with Crippen molar-refractivity contribution in [2.24, 2.45) is 5.92 Å². The summed E-state index contributed by atoms with van der Waals surface area (Å²) < 4.78 is 26.5. The Morgan fingerprint density at radius 1 is 1.15 bits per heavy atom. The molecule has 1 aliphatic carbocycles. The molecule has 0 unspecified atom stereocenters. The van der Waals surface area contributed by atoms with Crippen molar-refractivity contribution < 1.29 is 18.0 Å². The van der Waals surface area contributed by atoms with E-state index < -0.39 is 15.9 Å². The molecule has 148 valence electrons. The molecule has 1 saturated carbocycles. The van der Waals surface area contributed by atoms with Crippen molar-refractivity contribution in [1.29, 1.82) is 0 Å². The zero-order valence-electron chi connectivity index (χ0n) is 15.5. The number of sulfone groups is 1. The highest BCUT2D eigenvalue weighted by Gasteiger charge is 2.42. The summed E-state index contributed by atoms with van der Waals surface area (Å²) in [5, 5.41) is 3.00. The van der Waals surface area contributed by atoms with E-state index in [2.05, 4.69) is 10.3 Å². The number of aromatic nitrogens is 2. The highest BCUT2D eigenvalue weighted by Crippen LogP contribution is 2.41. The Morgan fingerprint density at radius 2 is 1.85 bits per heavy atom. The molecule has 2 atom stereocenters. The highest BCUT2D eigenvalue weighted by molar-refractivity contribution is 7.91. The largest absolute Gasteiger partial charge is 0.350 e. The lowest BCUT2D eigenvalue weighted by Crippen LogP contribution is -2.47. The quantitative estimate of drug-likeness (QED) is 0.800. The summed E-state index contributed by atoms with van der Waals surface area (Å²) in [6, 6.07) is -0.727. The van der Waals surface area contributed by atoms with Gasteiger partial charge in [-0.2, -0.15) is 0 Å². The van der Waals surface area contributed by atoms with Crippen LogP contribution in [0.5, 0.6) is 0 Å². The predicted molar refractivity (Wildman–Crippen MR) is 98.8 cm³/mol. The maximum atomic E-state index is 12.8. The number of amides is 2. The number of rotatable bonds is 4. The summed E-state index contributed by atoms with van der Waals surface area (Å²) in [6.45, 7) is 2.69. The van der Waals surface area contributed by atoms with Crippen LogP contribution in [-0.2, 0) is 19.4 Å². The number of likely N-dealkylation sites (tertiary alicyclic amines) is 1. The van der Waals surface area contributed by atoms with E-state index in [0.29, 0.717) is 31.8 Å². The van der Waals surface area contributed by atoms with E-state index in [0.717, 1.165) is 18.7 Å². The van der Waals surface area contributed by atoms with Gasteiger partial charge < -0.3 is 14.8 Å². The first kappa shape index (κ1) is 18.5. The highest BCUT2D eigenvalue weighted by atomic mass is 32.2. The summed E-state index contributed by atoms with van der Waals surface area (Å²) in [6.07, 6.45) is 6.96.